The summed E-state index contributed by atoms with van der Waals surface area (Å²) in [6.07, 6.45) is -2.85. The molecule has 2 heterocycles. The van der Waals surface area contributed by atoms with Gasteiger partial charge in [0.15, 0.2) is 0 Å². The molecular formula is C36H35F3N2O3. The second kappa shape index (κ2) is 12.7. The minimum absolute atomic E-state index is 0.206. The number of halogens is 3. The molecule has 0 N–H and O–H groups in total. The van der Waals surface area contributed by atoms with Gasteiger partial charge in [-0.15, -0.1) is 0 Å². The number of alkyl halides is 3. The molecule has 0 aliphatic heterocycles. The van der Waals surface area contributed by atoms with Crippen LogP contribution in [0.3, 0.4) is 0 Å². The van der Waals surface area contributed by atoms with E-state index >= 15 is 0 Å². The van der Waals surface area contributed by atoms with Crippen molar-refractivity contribution in [3.05, 3.63) is 125 Å². The normalized spacial score (nSPS) is 12.2. The van der Waals surface area contributed by atoms with Crippen molar-refractivity contribution in [1.82, 2.24) is 9.88 Å². The first-order valence-corrected chi connectivity index (χ1v) is 14.5. The van der Waals surface area contributed by atoms with Gasteiger partial charge in [0, 0.05) is 19.3 Å². The van der Waals surface area contributed by atoms with Gasteiger partial charge in [-0.25, -0.2) is 0 Å². The number of esters is 1. The van der Waals surface area contributed by atoms with Crippen LogP contribution in [0.25, 0.3) is 21.9 Å². The standard InChI is InChI=1S/C36H35F3N2O3/c1-5-43-34(42)35(3,4)32-20-28(18-19-40-32)26-14-11-25(12-15-26)21-41(22-29-16-17-33(44-29)36(37,38)39)23-31-24(2)10-13-27-8-6-7-9-30(27)31/h6-20H,5,21-23H2,1-4H3. The van der Waals surface area contributed by atoms with Crippen molar-refractivity contribution in [3.8, 4) is 11.1 Å². The number of hydrogen-bond acceptors (Lipinski definition) is 5. The van der Waals surface area contributed by atoms with E-state index in [0.29, 0.717) is 25.4 Å². The number of fused-ring (bicyclic) bond motifs is 1. The topological polar surface area (TPSA) is 55.6 Å². The molecule has 2 aromatic heterocycles. The number of carbonyl (C=O) groups excluding carboxylic acids is 1. The number of nitrogens with zero attached hydrogens (tertiary/aromatic N) is 2. The molecule has 0 fully saturated rings. The Hall–Kier alpha value is -4.43. The maximum Gasteiger partial charge on any atom is 0.449 e. The summed E-state index contributed by atoms with van der Waals surface area (Å²) in [6, 6.07) is 26.5. The van der Waals surface area contributed by atoms with Crippen molar-refractivity contribution in [2.75, 3.05) is 6.61 Å². The highest BCUT2D eigenvalue weighted by atomic mass is 19.4. The Labute approximate surface area is 255 Å². The van der Waals surface area contributed by atoms with Gasteiger partial charge in [0.25, 0.3) is 0 Å². The zero-order valence-electron chi connectivity index (χ0n) is 25.2. The summed E-state index contributed by atoms with van der Waals surface area (Å²) in [7, 11) is 0. The average Bonchev–Trinajstić information content (AvgIpc) is 3.48. The summed E-state index contributed by atoms with van der Waals surface area (Å²) >= 11 is 0. The summed E-state index contributed by atoms with van der Waals surface area (Å²) in [5.74, 6) is -1.08. The van der Waals surface area contributed by atoms with Crippen LogP contribution in [-0.4, -0.2) is 22.5 Å². The second-order valence-electron chi connectivity index (χ2n) is 11.5. The summed E-state index contributed by atoms with van der Waals surface area (Å²) in [5, 5.41) is 2.22. The highest BCUT2D eigenvalue weighted by Gasteiger charge is 2.35. The van der Waals surface area contributed by atoms with Crippen LogP contribution in [-0.2, 0) is 40.8 Å². The van der Waals surface area contributed by atoms with Gasteiger partial charge in [-0.05, 0) is 90.6 Å². The van der Waals surface area contributed by atoms with Crippen LogP contribution in [0.4, 0.5) is 13.2 Å². The predicted octanol–water partition coefficient (Wildman–Crippen LogP) is 8.87. The van der Waals surface area contributed by atoms with Gasteiger partial charge in [0.2, 0.25) is 5.76 Å². The van der Waals surface area contributed by atoms with Crippen LogP contribution in [0.15, 0.2) is 95.5 Å². The fraction of sp³-hybridized carbons (Fsp3) is 0.278. The molecule has 5 rings (SSSR count). The van der Waals surface area contributed by atoms with E-state index in [4.69, 9.17) is 9.15 Å². The van der Waals surface area contributed by atoms with E-state index in [1.165, 1.54) is 6.07 Å². The summed E-state index contributed by atoms with van der Waals surface area (Å²) in [4.78, 5) is 19.1. The van der Waals surface area contributed by atoms with Gasteiger partial charge in [-0.2, -0.15) is 13.2 Å². The molecule has 0 saturated heterocycles. The van der Waals surface area contributed by atoms with E-state index in [9.17, 15) is 18.0 Å². The lowest BCUT2D eigenvalue weighted by Crippen LogP contribution is -2.32. The molecule has 5 nitrogen and oxygen atoms in total. The fourth-order valence-corrected chi connectivity index (χ4v) is 5.31. The quantitative estimate of drug-likeness (QED) is 0.150. The van der Waals surface area contributed by atoms with E-state index in [1.54, 1.807) is 27.0 Å². The molecule has 0 aliphatic carbocycles. The Bertz CT molecular complexity index is 1760. The first-order valence-electron chi connectivity index (χ1n) is 14.5. The van der Waals surface area contributed by atoms with Gasteiger partial charge >= 0.3 is 12.1 Å². The summed E-state index contributed by atoms with van der Waals surface area (Å²) in [6.45, 7) is 8.93. The maximum absolute atomic E-state index is 13.3. The van der Waals surface area contributed by atoms with Gasteiger partial charge in [-0.3, -0.25) is 14.7 Å². The van der Waals surface area contributed by atoms with E-state index < -0.39 is 17.4 Å². The SMILES string of the molecule is CCOC(=O)C(C)(C)c1cc(-c2ccc(CN(Cc3ccc(C(F)(F)F)o3)Cc3c(C)ccc4ccccc34)cc2)ccn1. The molecule has 0 saturated carbocycles. The Kier molecular flexibility index (Phi) is 8.92. The number of aromatic nitrogens is 1. The highest BCUT2D eigenvalue weighted by Crippen LogP contribution is 2.32. The van der Waals surface area contributed by atoms with Gasteiger partial charge in [0.05, 0.1) is 18.8 Å². The fourth-order valence-electron chi connectivity index (χ4n) is 5.31. The molecule has 0 radical (unpaired) electrons. The third-order valence-electron chi connectivity index (χ3n) is 7.86. The lowest BCUT2D eigenvalue weighted by atomic mass is 9.87. The number of ether oxygens (including phenoxy) is 1. The van der Waals surface area contributed by atoms with Crippen LogP contribution in [0.1, 0.15) is 54.7 Å². The number of hydrogen-bond donors (Lipinski definition) is 0. The number of benzene rings is 3. The zero-order chi connectivity index (χ0) is 31.5. The summed E-state index contributed by atoms with van der Waals surface area (Å²) in [5.41, 5.74) is 4.81. The Balaban J connectivity index is 1.42. The van der Waals surface area contributed by atoms with Crippen molar-refractivity contribution in [2.45, 2.75) is 58.9 Å². The third kappa shape index (κ3) is 6.86. The molecule has 3 aromatic carbocycles. The van der Waals surface area contributed by atoms with E-state index in [1.807, 2.05) is 48.5 Å². The van der Waals surface area contributed by atoms with Crippen LogP contribution < -0.4 is 0 Å². The average molecular weight is 601 g/mol. The minimum Gasteiger partial charge on any atom is -0.465 e. The lowest BCUT2D eigenvalue weighted by Gasteiger charge is -2.24. The van der Waals surface area contributed by atoms with Gasteiger partial charge in [-0.1, -0.05) is 60.7 Å². The third-order valence-corrected chi connectivity index (χ3v) is 7.86. The van der Waals surface area contributed by atoms with E-state index in [2.05, 4.69) is 41.1 Å². The Morgan fingerprint density at radius 1 is 0.886 bits per heavy atom. The van der Waals surface area contributed by atoms with E-state index in [-0.39, 0.29) is 18.3 Å². The van der Waals surface area contributed by atoms with Crippen LogP contribution in [0, 0.1) is 6.92 Å². The molecule has 0 spiro atoms. The first-order chi connectivity index (χ1) is 21.0. The molecule has 0 aliphatic rings. The van der Waals surface area contributed by atoms with Crippen LogP contribution >= 0.6 is 0 Å². The van der Waals surface area contributed by atoms with Crippen molar-refractivity contribution < 1.29 is 27.1 Å². The van der Waals surface area contributed by atoms with Crippen LogP contribution in [0.5, 0.6) is 0 Å². The maximum atomic E-state index is 13.3. The number of rotatable bonds is 10. The number of carbonyl (C=O) groups is 1. The van der Waals surface area contributed by atoms with Gasteiger partial charge in [0.1, 0.15) is 11.2 Å². The number of furan rings is 1. The smallest absolute Gasteiger partial charge is 0.449 e. The largest absolute Gasteiger partial charge is 0.465 e. The predicted molar refractivity (Wildman–Crippen MR) is 165 cm³/mol. The highest BCUT2D eigenvalue weighted by molar-refractivity contribution is 5.86. The van der Waals surface area contributed by atoms with E-state index in [0.717, 1.165) is 44.7 Å². The molecule has 44 heavy (non-hydrogen) atoms. The van der Waals surface area contributed by atoms with Gasteiger partial charge < -0.3 is 9.15 Å². The van der Waals surface area contributed by atoms with Crippen molar-refractivity contribution in [3.63, 3.8) is 0 Å². The first kappa shape index (κ1) is 31.0. The molecule has 5 aromatic rings. The lowest BCUT2D eigenvalue weighted by molar-refractivity contribution is -0.153. The van der Waals surface area contributed by atoms with Crippen molar-refractivity contribution in [1.29, 1.82) is 0 Å². The molecule has 8 heteroatoms. The number of pyridine rings is 1. The van der Waals surface area contributed by atoms with Crippen molar-refractivity contribution >= 4 is 16.7 Å². The van der Waals surface area contributed by atoms with Crippen LogP contribution in [0.2, 0.25) is 0 Å². The molecule has 0 amide bonds. The molecule has 0 unspecified atom stereocenters. The number of aryl methyl sites for hydroxylation is 1. The monoisotopic (exact) mass is 600 g/mol. The molecule has 0 bridgehead atoms. The molecular weight excluding hydrogens is 565 g/mol. The minimum atomic E-state index is -4.54. The Morgan fingerprint density at radius 2 is 1.64 bits per heavy atom. The summed E-state index contributed by atoms with van der Waals surface area (Å²) < 4.78 is 50.3. The zero-order valence-corrected chi connectivity index (χ0v) is 25.2. The second-order valence-corrected chi connectivity index (χ2v) is 11.5. The molecule has 228 valence electrons. The van der Waals surface area contributed by atoms with Crippen molar-refractivity contribution in [2.24, 2.45) is 0 Å². The molecule has 0 atom stereocenters. The Morgan fingerprint density at radius 3 is 2.34 bits per heavy atom.